The fourth-order valence-electron chi connectivity index (χ4n) is 3.63. The van der Waals surface area contributed by atoms with Gasteiger partial charge in [-0.05, 0) is 42.5 Å². The van der Waals surface area contributed by atoms with E-state index in [2.05, 4.69) is 10.2 Å². The summed E-state index contributed by atoms with van der Waals surface area (Å²) in [6.45, 7) is 0.908. The van der Waals surface area contributed by atoms with Gasteiger partial charge < -0.3 is 9.64 Å². The predicted octanol–water partition coefficient (Wildman–Crippen LogP) is 3.68. The molecule has 33 heavy (non-hydrogen) atoms. The van der Waals surface area contributed by atoms with Crippen LogP contribution in [0.3, 0.4) is 0 Å². The maximum atomic E-state index is 13.0. The van der Waals surface area contributed by atoms with Crippen LogP contribution in [0.1, 0.15) is 5.56 Å². The summed E-state index contributed by atoms with van der Waals surface area (Å²) in [6.07, 6.45) is -4.61. The van der Waals surface area contributed by atoms with Crippen molar-refractivity contribution in [3.63, 3.8) is 0 Å². The molecule has 1 aliphatic rings. The molecule has 1 aliphatic heterocycles. The van der Waals surface area contributed by atoms with Crippen LogP contribution in [-0.4, -0.2) is 56.2 Å². The zero-order valence-corrected chi connectivity index (χ0v) is 18.5. The number of sulfonamides is 1. The minimum atomic E-state index is -4.61. The molecular weight excluding hydrogens is 457 g/mol. The second-order valence-electron chi connectivity index (χ2n) is 7.39. The number of benzene rings is 2. The number of halogens is 3. The topological polar surface area (TPSA) is 75.6 Å². The second kappa shape index (κ2) is 8.99. The molecule has 4 rings (SSSR count). The van der Waals surface area contributed by atoms with E-state index in [4.69, 9.17) is 4.74 Å². The third-order valence-electron chi connectivity index (χ3n) is 5.40. The van der Waals surface area contributed by atoms with Crippen LogP contribution >= 0.6 is 0 Å². The van der Waals surface area contributed by atoms with E-state index in [-0.39, 0.29) is 18.0 Å². The lowest BCUT2D eigenvalue weighted by atomic mass is 10.1. The van der Waals surface area contributed by atoms with Crippen LogP contribution in [0, 0.1) is 0 Å². The highest BCUT2D eigenvalue weighted by Crippen LogP contribution is 2.32. The molecule has 0 amide bonds. The molecule has 1 saturated heterocycles. The van der Waals surface area contributed by atoms with Crippen LogP contribution in [0.2, 0.25) is 0 Å². The summed E-state index contributed by atoms with van der Waals surface area (Å²) in [6, 6.07) is 14.8. The van der Waals surface area contributed by atoms with Gasteiger partial charge in [0.25, 0.3) is 0 Å². The Hall–Kier alpha value is -3.18. The lowest BCUT2D eigenvalue weighted by Crippen LogP contribution is -2.49. The van der Waals surface area contributed by atoms with E-state index in [0.717, 1.165) is 17.7 Å². The molecule has 0 radical (unpaired) electrons. The Kier molecular flexibility index (Phi) is 6.26. The van der Waals surface area contributed by atoms with Gasteiger partial charge >= 0.3 is 6.18 Å². The van der Waals surface area contributed by atoms with Crippen LogP contribution in [0.15, 0.2) is 65.6 Å². The summed E-state index contributed by atoms with van der Waals surface area (Å²) in [7, 11) is -2.47. The third kappa shape index (κ3) is 4.79. The molecule has 0 atom stereocenters. The molecule has 11 heteroatoms. The summed E-state index contributed by atoms with van der Waals surface area (Å²) in [5.74, 6) is 1.26. The summed E-state index contributed by atoms with van der Waals surface area (Å²) >= 11 is 0. The second-order valence-corrected chi connectivity index (χ2v) is 9.33. The van der Waals surface area contributed by atoms with Crippen LogP contribution in [0.5, 0.6) is 5.75 Å². The van der Waals surface area contributed by atoms with E-state index in [1.807, 2.05) is 35.2 Å². The lowest BCUT2D eigenvalue weighted by molar-refractivity contribution is -0.137. The number of methoxy groups -OCH3 is 1. The fraction of sp³-hybridized carbons (Fsp3) is 0.273. The molecule has 174 valence electrons. The van der Waals surface area contributed by atoms with Crippen molar-refractivity contribution >= 4 is 15.8 Å². The van der Waals surface area contributed by atoms with Crippen LogP contribution in [0.4, 0.5) is 19.0 Å². The smallest absolute Gasteiger partial charge is 0.416 e. The molecular formula is C22H21F3N4O3S. The molecule has 2 heterocycles. The first-order valence-electron chi connectivity index (χ1n) is 10.1. The molecule has 0 unspecified atom stereocenters. The first kappa shape index (κ1) is 23.0. The van der Waals surface area contributed by atoms with Gasteiger partial charge in [0.1, 0.15) is 5.75 Å². The molecule has 0 spiro atoms. The summed E-state index contributed by atoms with van der Waals surface area (Å²) < 4.78 is 71.2. The SMILES string of the molecule is COc1ccccc1-c1ccc(N2CCN(S(=O)(=O)c3cccc(C(F)(F)F)c3)CC2)nn1. The largest absolute Gasteiger partial charge is 0.496 e. The summed E-state index contributed by atoms with van der Waals surface area (Å²) in [4.78, 5) is 1.52. The maximum Gasteiger partial charge on any atom is 0.416 e. The van der Waals surface area contributed by atoms with Crippen LogP contribution in [-0.2, 0) is 16.2 Å². The monoisotopic (exact) mass is 478 g/mol. The minimum absolute atomic E-state index is 0.120. The maximum absolute atomic E-state index is 13.0. The Labute approximate surface area is 189 Å². The van der Waals surface area contributed by atoms with E-state index in [1.165, 1.54) is 10.4 Å². The molecule has 0 N–H and O–H groups in total. The number of hydrogen-bond donors (Lipinski definition) is 0. The van der Waals surface area contributed by atoms with Crippen molar-refractivity contribution in [1.82, 2.24) is 14.5 Å². The van der Waals surface area contributed by atoms with Gasteiger partial charge in [0.15, 0.2) is 5.82 Å². The van der Waals surface area contributed by atoms with Crippen molar-refractivity contribution in [3.8, 4) is 17.0 Å². The van der Waals surface area contributed by atoms with Gasteiger partial charge in [0.2, 0.25) is 10.0 Å². The van der Waals surface area contributed by atoms with Gasteiger partial charge in [-0.25, -0.2) is 8.42 Å². The average Bonchev–Trinajstić information content (AvgIpc) is 2.84. The number of hydrogen-bond acceptors (Lipinski definition) is 6. The van der Waals surface area contributed by atoms with E-state index < -0.39 is 21.8 Å². The normalized spacial score (nSPS) is 15.5. The quantitative estimate of drug-likeness (QED) is 0.557. The Morgan fingerprint density at radius 1 is 0.909 bits per heavy atom. The highest BCUT2D eigenvalue weighted by Gasteiger charge is 2.34. The van der Waals surface area contributed by atoms with Gasteiger partial charge in [-0.15, -0.1) is 10.2 Å². The Morgan fingerprint density at radius 3 is 2.27 bits per heavy atom. The number of piperazine rings is 1. The zero-order chi connectivity index (χ0) is 23.6. The van der Waals surface area contributed by atoms with Gasteiger partial charge in [0, 0.05) is 31.7 Å². The molecule has 0 bridgehead atoms. The van der Waals surface area contributed by atoms with E-state index in [0.29, 0.717) is 36.4 Å². The zero-order valence-electron chi connectivity index (χ0n) is 17.7. The minimum Gasteiger partial charge on any atom is -0.496 e. The average molecular weight is 478 g/mol. The third-order valence-corrected chi connectivity index (χ3v) is 7.29. The van der Waals surface area contributed by atoms with Crippen molar-refractivity contribution in [1.29, 1.82) is 0 Å². The van der Waals surface area contributed by atoms with Crippen molar-refractivity contribution in [2.45, 2.75) is 11.1 Å². The first-order valence-corrected chi connectivity index (χ1v) is 11.5. The van der Waals surface area contributed by atoms with Crippen LogP contribution < -0.4 is 9.64 Å². The lowest BCUT2D eigenvalue weighted by Gasteiger charge is -2.34. The number of anilines is 1. The number of alkyl halides is 3. The van der Waals surface area contributed by atoms with Crippen molar-refractivity contribution in [3.05, 3.63) is 66.2 Å². The van der Waals surface area contributed by atoms with E-state index in [9.17, 15) is 21.6 Å². The standard InChI is InChI=1S/C22H21F3N4O3S/c1-32-20-8-3-2-7-18(20)19-9-10-21(27-26-19)28-11-13-29(14-12-28)33(30,31)17-6-4-5-16(15-17)22(23,24)25/h2-10,15H,11-14H2,1H3. The van der Waals surface area contributed by atoms with Gasteiger partial charge in [0.05, 0.1) is 23.3 Å². The number of rotatable bonds is 5. The molecule has 0 aliphatic carbocycles. The van der Waals surface area contributed by atoms with Gasteiger partial charge in [-0.2, -0.15) is 17.5 Å². The Morgan fingerprint density at radius 2 is 1.64 bits per heavy atom. The Balaban J connectivity index is 1.46. The summed E-state index contributed by atoms with van der Waals surface area (Å²) in [5.41, 5.74) is 0.450. The predicted molar refractivity (Wildman–Crippen MR) is 116 cm³/mol. The number of aromatic nitrogens is 2. The van der Waals surface area contributed by atoms with Crippen LogP contribution in [0.25, 0.3) is 11.3 Å². The molecule has 1 fully saturated rings. The van der Waals surface area contributed by atoms with E-state index in [1.54, 1.807) is 13.2 Å². The summed E-state index contributed by atoms with van der Waals surface area (Å²) in [5, 5.41) is 8.54. The fourth-order valence-corrected chi connectivity index (χ4v) is 5.10. The number of para-hydroxylation sites is 1. The Bertz CT molecular complexity index is 1230. The van der Waals surface area contributed by atoms with Crippen molar-refractivity contribution in [2.75, 3.05) is 38.2 Å². The molecule has 2 aromatic carbocycles. The highest BCUT2D eigenvalue weighted by molar-refractivity contribution is 7.89. The van der Waals surface area contributed by atoms with Crippen molar-refractivity contribution in [2.24, 2.45) is 0 Å². The molecule has 3 aromatic rings. The first-order chi connectivity index (χ1) is 15.7. The molecule has 1 aromatic heterocycles. The number of ether oxygens (including phenoxy) is 1. The molecule has 0 saturated carbocycles. The molecule has 7 nitrogen and oxygen atoms in total. The number of nitrogens with zero attached hydrogens (tertiary/aromatic N) is 4. The van der Waals surface area contributed by atoms with Gasteiger partial charge in [-0.1, -0.05) is 18.2 Å². The van der Waals surface area contributed by atoms with E-state index >= 15 is 0 Å². The highest BCUT2D eigenvalue weighted by atomic mass is 32.2. The van der Waals surface area contributed by atoms with Gasteiger partial charge in [-0.3, -0.25) is 0 Å². The van der Waals surface area contributed by atoms with Crippen molar-refractivity contribution < 1.29 is 26.3 Å².